The maximum atomic E-state index is 13.1. The summed E-state index contributed by atoms with van der Waals surface area (Å²) in [6.07, 6.45) is 0. The summed E-state index contributed by atoms with van der Waals surface area (Å²) in [5.41, 5.74) is 1.77. The summed E-state index contributed by atoms with van der Waals surface area (Å²) in [6, 6.07) is 0. The highest BCUT2D eigenvalue weighted by Gasteiger charge is 2.35. The molecular weight excluding hydrogens is 438 g/mol. The van der Waals surface area contributed by atoms with E-state index in [1.807, 2.05) is 7.05 Å². The molecule has 0 saturated carbocycles. The van der Waals surface area contributed by atoms with Crippen molar-refractivity contribution in [2.75, 3.05) is 79.7 Å². The van der Waals surface area contributed by atoms with Crippen molar-refractivity contribution in [2.24, 2.45) is 0 Å². The van der Waals surface area contributed by atoms with Gasteiger partial charge in [0.1, 0.15) is 12.3 Å². The Bertz CT molecular complexity index is 931. The third kappa shape index (κ3) is 5.15. The Labute approximate surface area is 189 Å². The standard InChI is InChI=1S/C20H33N5O6S/c1-15-17(20(27)31-14-13-30-4)16(2)21-18(15)19(26)23-7-11-25(12-8-23)32(28,29)24-9-5-22(3)6-10-24/h21H,5-14H2,1-4H3. The van der Waals surface area contributed by atoms with Crippen molar-refractivity contribution in [3.8, 4) is 0 Å². The number of carbonyl (C=O) groups is 2. The number of aromatic amines is 1. The monoisotopic (exact) mass is 471 g/mol. The normalized spacial score (nSPS) is 19.3. The number of methoxy groups -OCH3 is 1. The summed E-state index contributed by atoms with van der Waals surface area (Å²) in [5.74, 6) is -0.756. The smallest absolute Gasteiger partial charge is 0.340 e. The van der Waals surface area contributed by atoms with Crippen molar-refractivity contribution < 1.29 is 27.5 Å². The molecule has 32 heavy (non-hydrogen) atoms. The van der Waals surface area contributed by atoms with E-state index in [1.165, 1.54) is 15.7 Å². The molecule has 1 amide bonds. The van der Waals surface area contributed by atoms with Crippen LogP contribution in [0.25, 0.3) is 0 Å². The van der Waals surface area contributed by atoms with Crippen molar-refractivity contribution >= 4 is 22.1 Å². The van der Waals surface area contributed by atoms with E-state index in [4.69, 9.17) is 9.47 Å². The van der Waals surface area contributed by atoms with E-state index in [2.05, 4.69) is 9.88 Å². The number of rotatable bonds is 7. The van der Waals surface area contributed by atoms with E-state index >= 15 is 0 Å². The molecular formula is C20H33N5O6S. The second kappa shape index (κ2) is 10.3. The highest BCUT2D eigenvalue weighted by atomic mass is 32.2. The molecule has 2 aliphatic heterocycles. The minimum atomic E-state index is -3.53. The minimum Gasteiger partial charge on any atom is -0.460 e. The summed E-state index contributed by atoms with van der Waals surface area (Å²) in [7, 11) is -0.0357. The number of amides is 1. The number of nitrogens with zero attached hydrogens (tertiary/aromatic N) is 4. The van der Waals surface area contributed by atoms with Gasteiger partial charge in [0.05, 0.1) is 12.2 Å². The van der Waals surface area contributed by atoms with E-state index < -0.39 is 16.2 Å². The first-order valence-electron chi connectivity index (χ1n) is 10.7. The maximum Gasteiger partial charge on any atom is 0.340 e. The summed E-state index contributed by atoms with van der Waals surface area (Å²) >= 11 is 0. The van der Waals surface area contributed by atoms with E-state index in [-0.39, 0.29) is 38.7 Å². The molecule has 2 saturated heterocycles. The first-order valence-corrected chi connectivity index (χ1v) is 12.1. The molecule has 2 aliphatic rings. The van der Waals surface area contributed by atoms with E-state index in [1.54, 1.807) is 18.7 Å². The Morgan fingerprint density at radius 2 is 1.50 bits per heavy atom. The first kappa shape index (κ1) is 24.6. The van der Waals surface area contributed by atoms with Gasteiger partial charge < -0.3 is 24.3 Å². The van der Waals surface area contributed by atoms with E-state index in [0.717, 1.165) is 0 Å². The zero-order valence-electron chi connectivity index (χ0n) is 19.2. The van der Waals surface area contributed by atoms with Crippen LogP contribution in [0.3, 0.4) is 0 Å². The van der Waals surface area contributed by atoms with Crippen molar-refractivity contribution in [1.82, 2.24) is 23.4 Å². The molecule has 11 nitrogen and oxygen atoms in total. The molecule has 0 unspecified atom stereocenters. The predicted molar refractivity (Wildman–Crippen MR) is 118 cm³/mol. The van der Waals surface area contributed by atoms with Crippen molar-refractivity contribution in [1.29, 1.82) is 0 Å². The first-order chi connectivity index (χ1) is 15.2. The van der Waals surface area contributed by atoms with Crippen LogP contribution < -0.4 is 0 Å². The maximum absolute atomic E-state index is 13.1. The van der Waals surface area contributed by atoms with Gasteiger partial charge in [-0.1, -0.05) is 0 Å². The van der Waals surface area contributed by atoms with Gasteiger partial charge in [-0.15, -0.1) is 0 Å². The van der Waals surface area contributed by atoms with E-state index in [9.17, 15) is 18.0 Å². The predicted octanol–water partition coefficient (Wildman–Crippen LogP) is -0.315. The van der Waals surface area contributed by atoms with Gasteiger partial charge in [0.2, 0.25) is 0 Å². The molecule has 1 aromatic heterocycles. The van der Waals surface area contributed by atoms with Gasteiger partial charge in [-0.2, -0.15) is 17.0 Å². The fraction of sp³-hybridized carbons (Fsp3) is 0.700. The number of ether oxygens (including phenoxy) is 2. The lowest BCUT2D eigenvalue weighted by Gasteiger charge is -2.39. The quantitative estimate of drug-likeness (QED) is 0.428. The number of likely N-dealkylation sites (N-methyl/N-ethyl adjacent to an activating group) is 1. The Morgan fingerprint density at radius 3 is 2.06 bits per heavy atom. The topological polar surface area (TPSA) is 115 Å². The Morgan fingerprint density at radius 1 is 0.938 bits per heavy atom. The summed E-state index contributed by atoms with van der Waals surface area (Å²) in [6.45, 7) is 7.27. The van der Waals surface area contributed by atoms with Crippen molar-refractivity contribution in [2.45, 2.75) is 13.8 Å². The van der Waals surface area contributed by atoms with Gasteiger partial charge in [0.25, 0.3) is 16.1 Å². The zero-order chi connectivity index (χ0) is 23.5. The van der Waals surface area contributed by atoms with Gasteiger partial charge in [-0.25, -0.2) is 4.79 Å². The fourth-order valence-electron chi connectivity index (χ4n) is 4.02. The molecule has 12 heteroatoms. The Kier molecular flexibility index (Phi) is 7.93. The summed E-state index contributed by atoms with van der Waals surface area (Å²) in [4.78, 5) is 32.2. The van der Waals surface area contributed by atoms with Crippen LogP contribution in [0.2, 0.25) is 0 Å². The number of aryl methyl sites for hydroxylation is 1. The van der Waals surface area contributed by atoms with Crippen LogP contribution in [0, 0.1) is 13.8 Å². The summed E-state index contributed by atoms with van der Waals surface area (Å²) in [5, 5.41) is 0. The molecule has 0 aromatic carbocycles. The van der Waals surface area contributed by atoms with Crippen LogP contribution in [0.1, 0.15) is 32.1 Å². The molecule has 1 aromatic rings. The largest absolute Gasteiger partial charge is 0.460 e. The number of aromatic nitrogens is 1. The Hall–Kier alpha value is -1.99. The van der Waals surface area contributed by atoms with Crippen LogP contribution in [0.5, 0.6) is 0 Å². The van der Waals surface area contributed by atoms with Crippen molar-refractivity contribution in [3.63, 3.8) is 0 Å². The molecule has 180 valence electrons. The molecule has 0 aliphatic carbocycles. The van der Waals surface area contributed by atoms with Crippen LogP contribution in [-0.4, -0.2) is 123 Å². The molecule has 2 fully saturated rings. The highest BCUT2D eigenvalue weighted by Crippen LogP contribution is 2.22. The molecule has 0 atom stereocenters. The third-order valence-corrected chi connectivity index (χ3v) is 8.05. The average molecular weight is 472 g/mol. The van der Waals surface area contributed by atoms with Gasteiger partial charge in [0, 0.05) is 65.2 Å². The van der Waals surface area contributed by atoms with Gasteiger partial charge in [0.15, 0.2) is 0 Å². The second-order valence-electron chi connectivity index (χ2n) is 8.16. The minimum absolute atomic E-state index is 0.131. The lowest BCUT2D eigenvalue weighted by Crippen LogP contribution is -2.57. The van der Waals surface area contributed by atoms with Crippen molar-refractivity contribution in [3.05, 3.63) is 22.5 Å². The summed E-state index contributed by atoms with van der Waals surface area (Å²) < 4.78 is 38.9. The van der Waals surface area contributed by atoms with Gasteiger partial charge in [-0.3, -0.25) is 4.79 Å². The second-order valence-corrected chi connectivity index (χ2v) is 10.1. The van der Waals surface area contributed by atoms with Crippen LogP contribution in [0.4, 0.5) is 0 Å². The number of H-pyrrole nitrogens is 1. The third-order valence-electron chi connectivity index (χ3n) is 6.02. The Balaban J connectivity index is 1.63. The van der Waals surface area contributed by atoms with E-state index in [0.29, 0.717) is 55.3 Å². The average Bonchev–Trinajstić information content (AvgIpc) is 3.07. The lowest BCUT2D eigenvalue weighted by atomic mass is 10.1. The van der Waals surface area contributed by atoms with Gasteiger partial charge in [-0.05, 0) is 26.5 Å². The number of nitrogens with one attached hydrogen (secondary N) is 1. The molecule has 0 bridgehead atoms. The number of piperazine rings is 2. The number of esters is 1. The molecule has 3 rings (SSSR count). The highest BCUT2D eigenvalue weighted by molar-refractivity contribution is 7.86. The van der Waals surface area contributed by atoms with Crippen LogP contribution >= 0.6 is 0 Å². The van der Waals surface area contributed by atoms with Crippen LogP contribution in [0.15, 0.2) is 0 Å². The fourth-order valence-corrected chi connectivity index (χ4v) is 5.60. The van der Waals surface area contributed by atoms with Crippen LogP contribution in [-0.2, 0) is 19.7 Å². The SMILES string of the molecule is COCCOC(=O)c1c(C)[nH]c(C(=O)N2CCN(S(=O)(=O)N3CCN(C)CC3)CC2)c1C. The lowest BCUT2D eigenvalue weighted by molar-refractivity contribution is 0.0386. The number of hydrogen-bond donors (Lipinski definition) is 1. The number of hydrogen-bond acceptors (Lipinski definition) is 7. The number of carbonyl (C=O) groups excluding carboxylic acids is 2. The molecule has 0 radical (unpaired) electrons. The van der Waals surface area contributed by atoms with Gasteiger partial charge >= 0.3 is 5.97 Å². The molecule has 3 heterocycles. The molecule has 0 spiro atoms. The zero-order valence-corrected chi connectivity index (χ0v) is 20.0. The molecule has 1 N–H and O–H groups in total.